The highest BCUT2D eigenvalue weighted by atomic mass is 32.1. The maximum absolute atomic E-state index is 11.6. The van der Waals surface area contributed by atoms with E-state index in [1.54, 1.807) is 12.5 Å². The van der Waals surface area contributed by atoms with E-state index in [4.69, 9.17) is 21.4 Å². The van der Waals surface area contributed by atoms with E-state index in [1.807, 2.05) is 30.3 Å². The topological polar surface area (TPSA) is 72.5 Å². The van der Waals surface area contributed by atoms with Crippen LogP contribution in [0.2, 0.25) is 0 Å². The Bertz CT molecular complexity index is 1080. The molecule has 0 unspecified atom stereocenters. The summed E-state index contributed by atoms with van der Waals surface area (Å²) < 4.78 is 12.6. The molecule has 32 heavy (non-hydrogen) atoms. The third-order valence-corrected chi connectivity index (χ3v) is 6.38. The lowest BCUT2D eigenvalue weighted by atomic mass is 9.96. The van der Waals surface area contributed by atoms with Crippen molar-refractivity contribution >= 4 is 23.3 Å². The number of nitrogens with one attached hydrogen (secondary N) is 1. The Hall–Kier alpha value is -3.13. The summed E-state index contributed by atoms with van der Waals surface area (Å²) in [5.74, 6) is 0.701. The van der Waals surface area contributed by atoms with Crippen LogP contribution in [0, 0.1) is 13.8 Å². The fourth-order valence-corrected chi connectivity index (χ4v) is 4.74. The molecule has 0 spiro atoms. The maximum Gasteiger partial charge on any atom is 0.305 e. The molecule has 7 nitrogen and oxygen atoms in total. The average Bonchev–Trinajstić information content (AvgIpc) is 3.50. The predicted molar refractivity (Wildman–Crippen MR) is 125 cm³/mol. The second-order valence-corrected chi connectivity index (χ2v) is 8.38. The van der Waals surface area contributed by atoms with Crippen LogP contribution in [0.3, 0.4) is 0 Å². The van der Waals surface area contributed by atoms with Gasteiger partial charge in [-0.3, -0.25) is 9.78 Å². The standard InChI is InChI=1S/C24H28N4O3S/c1-16-14-19(17(2)28(16)15-18-8-7-13-31-18)23-22(20-9-4-5-11-25-20)26-24(32)27(23)12-6-10-21(29)30-3/h4-5,7-9,11,13-14,22-23H,6,10,12,15H2,1-3H3,(H,26,32)/t22-,23-/m1/s1. The number of nitrogens with zero attached hydrogens (tertiary/aromatic N) is 3. The molecule has 1 N–H and O–H groups in total. The molecule has 0 bridgehead atoms. The quantitative estimate of drug-likeness (QED) is 0.408. The fraction of sp³-hybridized carbons (Fsp3) is 0.375. The number of thiocarbonyl (C=S) groups is 1. The molecule has 3 aromatic heterocycles. The maximum atomic E-state index is 11.6. The van der Waals surface area contributed by atoms with E-state index in [0.717, 1.165) is 22.8 Å². The molecule has 4 rings (SSSR count). The van der Waals surface area contributed by atoms with E-state index in [2.05, 4.69) is 39.7 Å². The first kappa shape index (κ1) is 22.1. The van der Waals surface area contributed by atoms with E-state index >= 15 is 0 Å². The number of furan rings is 1. The minimum absolute atomic E-state index is 0.0356. The molecule has 0 amide bonds. The molecular weight excluding hydrogens is 424 g/mol. The fourth-order valence-electron chi connectivity index (χ4n) is 4.41. The minimum atomic E-state index is -0.211. The SMILES string of the molecule is COC(=O)CCCN1C(=S)N[C@H](c2ccccn2)[C@H]1c1cc(C)n(Cc2ccco2)c1C. The van der Waals surface area contributed by atoms with Crippen LogP contribution >= 0.6 is 12.2 Å². The summed E-state index contributed by atoms with van der Waals surface area (Å²) in [4.78, 5) is 18.4. The van der Waals surface area contributed by atoms with Crippen LogP contribution < -0.4 is 5.32 Å². The highest BCUT2D eigenvalue weighted by Crippen LogP contribution is 2.41. The van der Waals surface area contributed by atoms with Gasteiger partial charge in [-0.05, 0) is 68.4 Å². The molecule has 1 aliphatic rings. The van der Waals surface area contributed by atoms with Crippen molar-refractivity contribution in [3.05, 3.63) is 77.3 Å². The molecule has 1 fully saturated rings. The number of ether oxygens (including phenoxy) is 1. The second kappa shape index (κ2) is 9.56. The smallest absolute Gasteiger partial charge is 0.305 e. The number of aromatic nitrogens is 2. The number of hydrogen-bond donors (Lipinski definition) is 1. The van der Waals surface area contributed by atoms with Crippen LogP contribution in [0.15, 0.2) is 53.3 Å². The lowest BCUT2D eigenvalue weighted by Gasteiger charge is -2.28. The van der Waals surface area contributed by atoms with Crippen LogP contribution in [0.5, 0.6) is 0 Å². The normalized spacial score (nSPS) is 18.1. The van der Waals surface area contributed by atoms with Crippen molar-refractivity contribution in [2.75, 3.05) is 13.7 Å². The Morgan fingerprint density at radius 2 is 2.12 bits per heavy atom. The zero-order valence-corrected chi connectivity index (χ0v) is 19.4. The summed E-state index contributed by atoms with van der Waals surface area (Å²) in [6.07, 6.45) is 4.51. The second-order valence-electron chi connectivity index (χ2n) is 7.99. The monoisotopic (exact) mass is 452 g/mol. The third-order valence-electron chi connectivity index (χ3n) is 6.03. The number of rotatable bonds is 8. The highest BCUT2D eigenvalue weighted by molar-refractivity contribution is 7.80. The van der Waals surface area contributed by atoms with Crippen molar-refractivity contribution in [1.82, 2.24) is 19.8 Å². The molecule has 8 heteroatoms. The van der Waals surface area contributed by atoms with Crippen molar-refractivity contribution in [2.45, 2.75) is 45.3 Å². The first-order valence-corrected chi connectivity index (χ1v) is 11.1. The molecule has 1 saturated heterocycles. The van der Waals surface area contributed by atoms with Crippen molar-refractivity contribution in [1.29, 1.82) is 0 Å². The van der Waals surface area contributed by atoms with Crippen LogP contribution in [-0.4, -0.2) is 39.2 Å². The van der Waals surface area contributed by atoms with E-state index in [9.17, 15) is 4.79 Å². The van der Waals surface area contributed by atoms with Gasteiger partial charge in [-0.1, -0.05) is 6.07 Å². The number of carbonyl (C=O) groups excluding carboxylic acids is 1. The van der Waals surface area contributed by atoms with Crippen LogP contribution in [0.25, 0.3) is 0 Å². The van der Waals surface area contributed by atoms with Gasteiger partial charge in [0.25, 0.3) is 0 Å². The van der Waals surface area contributed by atoms with E-state index < -0.39 is 0 Å². The molecule has 0 aliphatic carbocycles. The molecule has 0 aromatic carbocycles. The van der Waals surface area contributed by atoms with Crippen LogP contribution in [-0.2, 0) is 16.1 Å². The molecule has 168 valence electrons. The molecule has 2 atom stereocenters. The Balaban J connectivity index is 1.68. The molecule has 1 aliphatic heterocycles. The Morgan fingerprint density at radius 3 is 2.81 bits per heavy atom. The summed E-state index contributed by atoms with van der Waals surface area (Å²) in [5.41, 5.74) is 4.44. The van der Waals surface area contributed by atoms with Crippen molar-refractivity contribution in [2.24, 2.45) is 0 Å². The first-order chi connectivity index (χ1) is 15.5. The molecule has 0 radical (unpaired) electrons. The number of pyridine rings is 1. The zero-order valence-electron chi connectivity index (χ0n) is 18.6. The molecular formula is C24H28N4O3S. The molecule has 3 aromatic rings. The summed E-state index contributed by atoms with van der Waals surface area (Å²) in [7, 11) is 1.41. The number of hydrogen-bond acceptors (Lipinski definition) is 5. The van der Waals surface area contributed by atoms with Gasteiger partial charge in [0.2, 0.25) is 0 Å². The van der Waals surface area contributed by atoms with Crippen LogP contribution in [0.1, 0.15) is 53.3 Å². The lowest BCUT2D eigenvalue weighted by molar-refractivity contribution is -0.140. The third kappa shape index (κ3) is 4.41. The minimum Gasteiger partial charge on any atom is -0.469 e. The summed E-state index contributed by atoms with van der Waals surface area (Å²) in [6, 6.07) is 11.9. The summed E-state index contributed by atoms with van der Waals surface area (Å²) >= 11 is 5.73. The van der Waals surface area contributed by atoms with E-state index in [0.29, 0.717) is 31.0 Å². The van der Waals surface area contributed by atoms with Crippen molar-refractivity contribution < 1.29 is 13.9 Å². The lowest BCUT2D eigenvalue weighted by Crippen LogP contribution is -2.31. The van der Waals surface area contributed by atoms with Gasteiger partial charge < -0.3 is 23.9 Å². The number of carbonyl (C=O) groups is 1. The van der Waals surface area contributed by atoms with Gasteiger partial charge in [0.05, 0.1) is 37.7 Å². The van der Waals surface area contributed by atoms with E-state index in [1.165, 1.54) is 12.7 Å². The Labute approximate surface area is 193 Å². The molecule has 4 heterocycles. The van der Waals surface area contributed by atoms with Gasteiger partial charge in [0.15, 0.2) is 5.11 Å². The van der Waals surface area contributed by atoms with Gasteiger partial charge in [-0.2, -0.15) is 0 Å². The Kier molecular flexibility index (Phi) is 6.60. The van der Waals surface area contributed by atoms with Gasteiger partial charge in [0.1, 0.15) is 5.76 Å². The largest absolute Gasteiger partial charge is 0.469 e. The summed E-state index contributed by atoms with van der Waals surface area (Å²) in [6.45, 7) is 5.56. The van der Waals surface area contributed by atoms with E-state index in [-0.39, 0.29) is 18.1 Å². The van der Waals surface area contributed by atoms with Crippen molar-refractivity contribution in [3.63, 3.8) is 0 Å². The number of methoxy groups -OCH3 is 1. The van der Waals surface area contributed by atoms with Gasteiger partial charge in [-0.25, -0.2) is 0 Å². The number of aryl methyl sites for hydroxylation is 1. The average molecular weight is 453 g/mol. The predicted octanol–water partition coefficient (Wildman–Crippen LogP) is 4.07. The van der Waals surface area contributed by atoms with Gasteiger partial charge >= 0.3 is 5.97 Å². The van der Waals surface area contributed by atoms with Crippen LogP contribution in [0.4, 0.5) is 0 Å². The first-order valence-electron chi connectivity index (χ1n) is 10.7. The highest BCUT2D eigenvalue weighted by Gasteiger charge is 2.41. The molecule has 0 saturated carbocycles. The van der Waals surface area contributed by atoms with Gasteiger partial charge in [-0.15, -0.1) is 0 Å². The Morgan fingerprint density at radius 1 is 1.28 bits per heavy atom. The summed E-state index contributed by atoms with van der Waals surface area (Å²) in [5, 5.41) is 4.15. The number of esters is 1. The zero-order chi connectivity index (χ0) is 22.7. The van der Waals surface area contributed by atoms with Gasteiger partial charge in [0, 0.05) is 30.6 Å². The van der Waals surface area contributed by atoms with Crippen molar-refractivity contribution in [3.8, 4) is 0 Å².